The lowest BCUT2D eigenvalue weighted by molar-refractivity contribution is 0.645. The largest absolute Gasteiger partial charge is 0.213 e. The first-order chi connectivity index (χ1) is 3.83. The average Bonchev–Trinajstić information content (AvgIpc) is 1.88. The van der Waals surface area contributed by atoms with Gasteiger partial charge in [-0.2, -0.15) is 0 Å². The van der Waals surface area contributed by atoms with Crippen LogP contribution in [0.4, 0.5) is 17.6 Å². The fourth-order valence-electron chi connectivity index (χ4n) is 0. The van der Waals surface area contributed by atoms with Gasteiger partial charge in [0.2, 0.25) is 0 Å². The first-order valence-electron chi connectivity index (χ1n) is 1.54. The van der Waals surface area contributed by atoms with Crippen molar-refractivity contribution in [3.63, 3.8) is 0 Å². The molecule has 0 atom stereocenters. The van der Waals surface area contributed by atoms with Gasteiger partial charge in [-0.1, -0.05) is 0 Å². The lowest BCUT2D eigenvalue weighted by Crippen LogP contribution is -1.18. The van der Waals surface area contributed by atoms with Crippen LogP contribution in [0.15, 0.2) is 25.3 Å². The Balaban J connectivity index is 0. The predicted octanol–water partition coefficient (Wildman–Crippen LogP) is 2.79. The van der Waals surface area contributed by atoms with Gasteiger partial charge in [0.1, 0.15) is 25.3 Å². The summed E-state index contributed by atoms with van der Waals surface area (Å²) in [6, 6.07) is 0. The van der Waals surface area contributed by atoms with Gasteiger partial charge in [0.05, 0.1) is 0 Å². The first-order valence-corrected chi connectivity index (χ1v) is 1.54. The molecule has 8 heavy (non-hydrogen) atoms. The topological polar surface area (TPSA) is 0 Å². The SMILES string of the molecule is F/C=C/F.F/C=C\F. The summed E-state index contributed by atoms with van der Waals surface area (Å²) in [5, 5.41) is 0. The molecule has 0 aromatic rings. The van der Waals surface area contributed by atoms with Crippen molar-refractivity contribution in [2.45, 2.75) is 0 Å². The van der Waals surface area contributed by atoms with Crippen LogP contribution in [-0.4, -0.2) is 0 Å². The zero-order valence-electron chi connectivity index (χ0n) is 3.82. The van der Waals surface area contributed by atoms with Crippen molar-refractivity contribution in [3.05, 3.63) is 25.3 Å². The highest BCUT2D eigenvalue weighted by Crippen LogP contribution is 1.67. The van der Waals surface area contributed by atoms with Gasteiger partial charge < -0.3 is 0 Å². The molecule has 0 heterocycles. The molecule has 48 valence electrons. The molecule has 0 bridgehead atoms. The van der Waals surface area contributed by atoms with Crippen LogP contribution in [0.25, 0.3) is 0 Å². The third kappa shape index (κ3) is 63.7. The van der Waals surface area contributed by atoms with Gasteiger partial charge >= 0.3 is 0 Å². The van der Waals surface area contributed by atoms with Crippen LogP contribution in [-0.2, 0) is 0 Å². The van der Waals surface area contributed by atoms with Crippen molar-refractivity contribution in [1.29, 1.82) is 0 Å². The Morgan fingerprint density at radius 2 is 0.625 bits per heavy atom. The summed E-state index contributed by atoms with van der Waals surface area (Å²) >= 11 is 0. The van der Waals surface area contributed by atoms with Crippen LogP contribution in [0.5, 0.6) is 0 Å². The Bertz CT molecular complexity index is 48.4. The highest BCUT2D eigenvalue weighted by molar-refractivity contribution is 4.52. The molecular formula is C4H4F4. The molecule has 0 amide bonds. The Morgan fingerprint density at radius 1 is 0.500 bits per heavy atom. The standard InChI is InChI=1S/2C2H2F2/c2*3-1-2-4/h2*1-2H/b2-1+;2-1-. The average molecular weight is 128 g/mol. The van der Waals surface area contributed by atoms with Crippen molar-refractivity contribution >= 4 is 0 Å². The van der Waals surface area contributed by atoms with E-state index < -0.39 is 0 Å². The van der Waals surface area contributed by atoms with Crippen LogP contribution < -0.4 is 0 Å². The van der Waals surface area contributed by atoms with Crippen molar-refractivity contribution in [2.24, 2.45) is 0 Å². The molecule has 0 aromatic carbocycles. The zero-order valence-corrected chi connectivity index (χ0v) is 3.82. The van der Waals surface area contributed by atoms with Crippen molar-refractivity contribution in [1.82, 2.24) is 0 Å². The van der Waals surface area contributed by atoms with E-state index in [0.29, 0.717) is 0 Å². The number of halogens is 4. The fraction of sp³-hybridized carbons (Fsp3) is 0. The van der Waals surface area contributed by atoms with Crippen LogP contribution in [0.1, 0.15) is 0 Å². The van der Waals surface area contributed by atoms with Gasteiger partial charge in [0, 0.05) is 0 Å². The first kappa shape index (κ1) is 10.2. The molecule has 0 aliphatic heterocycles. The lowest BCUT2D eigenvalue weighted by atomic mass is 11.2. The Hall–Kier alpha value is -0.800. The van der Waals surface area contributed by atoms with E-state index in [1.165, 1.54) is 0 Å². The Kier molecular flexibility index (Phi) is 20.9. The molecule has 0 fully saturated rings. The Labute approximate surface area is 44.1 Å². The van der Waals surface area contributed by atoms with E-state index in [4.69, 9.17) is 0 Å². The maximum absolute atomic E-state index is 10.2. The minimum atomic E-state index is -0.167. The van der Waals surface area contributed by atoms with E-state index in [0.717, 1.165) is 0 Å². The van der Waals surface area contributed by atoms with Crippen molar-refractivity contribution in [2.75, 3.05) is 0 Å². The molecule has 0 saturated carbocycles. The van der Waals surface area contributed by atoms with E-state index in [9.17, 15) is 17.6 Å². The summed E-state index contributed by atoms with van der Waals surface area (Å²) in [7, 11) is 0. The zero-order chi connectivity index (χ0) is 6.83. The molecule has 0 spiro atoms. The molecule has 0 saturated heterocycles. The molecule has 4 heteroatoms. The van der Waals surface area contributed by atoms with Gasteiger partial charge in [0.25, 0.3) is 0 Å². The molecule has 0 aromatic heterocycles. The van der Waals surface area contributed by atoms with E-state index >= 15 is 0 Å². The Morgan fingerprint density at radius 3 is 0.625 bits per heavy atom. The minimum Gasteiger partial charge on any atom is -0.213 e. The highest BCUT2D eigenvalue weighted by atomic mass is 19.2. The lowest BCUT2D eigenvalue weighted by Gasteiger charge is -1.42. The van der Waals surface area contributed by atoms with Gasteiger partial charge in [0.15, 0.2) is 0 Å². The van der Waals surface area contributed by atoms with Gasteiger partial charge in [-0.3, -0.25) is 0 Å². The maximum atomic E-state index is 10.2. The summed E-state index contributed by atoms with van der Waals surface area (Å²) in [5.41, 5.74) is 0. The van der Waals surface area contributed by atoms with E-state index in [2.05, 4.69) is 0 Å². The molecule has 0 N–H and O–H groups in total. The predicted molar refractivity (Wildman–Crippen MR) is 22.7 cm³/mol. The monoisotopic (exact) mass is 128 g/mol. The van der Waals surface area contributed by atoms with Crippen molar-refractivity contribution < 1.29 is 17.6 Å². The van der Waals surface area contributed by atoms with Crippen LogP contribution in [0.2, 0.25) is 0 Å². The number of hydrogen-bond acceptors (Lipinski definition) is 0. The molecule has 0 nitrogen and oxygen atoms in total. The van der Waals surface area contributed by atoms with E-state index in [1.807, 2.05) is 0 Å². The molecule has 0 aliphatic rings. The summed E-state index contributed by atoms with van der Waals surface area (Å²) in [6.45, 7) is 0. The second-order valence-corrected chi connectivity index (χ2v) is 0.504. The second-order valence-electron chi connectivity index (χ2n) is 0.504. The minimum absolute atomic E-state index is 0.167. The fourth-order valence-corrected chi connectivity index (χ4v) is 0. The maximum Gasteiger partial charge on any atom is 0.115 e. The smallest absolute Gasteiger partial charge is 0.115 e. The summed E-state index contributed by atoms with van der Waals surface area (Å²) < 4.78 is 40.7. The van der Waals surface area contributed by atoms with Gasteiger partial charge in [-0.15, -0.1) is 0 Å². The summed E-state index contributed by atoms with van der Waals surface area (Å²) in [5.74, 6) is 0. The van der Waals surface area contributed by atoms with E-state index in [-0.39, 0.29) is 25.3 Å². The number of rotatable bonds is 0. The third-order valence-corrected chi connectivity index (χ3v) is 0.0952. The molecular weight excluding hydrogens is 124 g/mol. The summed E-state index contributed by atoms with van der Waals surface area (Å²) in [6.07, 6.45) is -0.667. The highest BCUT2D eigenvalue weighted by Gasteiger charge is 1.44. The molecule has 0 aliphatic carbocycles. The number of hydrogen-bond donors (Lipinski definition) is 0. The third-order valence-electron chi connectivity index (χ3n) is 0.0952. The molecule has 0 radical (unpaired) electrons. The van der Waals surface area contributed by atoms with Crippen molar-refractivity contribution in [3.8, 4) is 0 Å². The molecule has 0 unspecified atom stereocenters. The van der Waals surface area contributed by atoms with Gasteiger partial charge in [-0.25, -0.2) is 17.6 Å². The normalized spacial score (nSPS) is 9.50. The van der Waals surface area contributed by atoms with E-state index in [1.54, 1.807) is 0 Å². The van der Waals surface area contributed by atoms with Crippen LogP contribution >= 0.6 is 0 Å². The quantitative estimate of drug-likeness (QED) is 0.440. The second kappa shape index (κ2) is 16.4. The summed E-state index contributed by atoms with van der Waals surface area (Å²) in [4.78, 5) is 0. The van der Waals surface area contributed by atoms with Crippen LogP contribution in [0, 0.1) is 0 Å². The van der Waals surface area contributed by atoms with Crippen LogP contribution in [0.3, 0.4) is 0 Å². The van der Waals surface area contributed by atoms with Gasteiger partial charge in [-0.05, 0) is 0 Å². The molecule has 0 rings (SSSR count).